The number of nitrogens with two attached hydrogens (primary N) is 4. The molecule has 0 bridgehead atoms. The van der Waals surface area contributed by atoms with Gasteiger partial charge in [-0.3, -0.25) is 20.0 Å². The van der Waals surface area contributed by atoms with Crippen molar-refractivity contribution in [1.29, 1.82) is 0 Å². The summed E-state index contributed by atoms with van der Waals surface area (Å²) in [5.74, 6) is 0. The van der Waals surface area contributed by atoms with Crippen LogP contribution in [0.1, 0.15) is 29.1 Å². The first kappa shape index (κ1) is 30.4. The number of hydrogen-bond acceptors (Lipinski definition) is 8. The first-order chi connectivity index (χ1) is 17.6. The highest BCUT2D eigenvalue weighted by atomic mass is 127. The zero-order valence-corrected chi connectivity index (χ0v) is 30.0. The quantitative estimate of drug-likeness (QED) is 0.128. The average Bonchev–Trinajstić information content (AvgIpc) is 3.34. The lowest BCUT2D eigenvalue weighted by atomic mass is 10.0. The van der Waals surface area contributed by atoms with Crippen LogP contribution in [0.5, 0.6) is 0 Å². The zero-order valence-electron chi connectivity index (χ0n) is 21.3. The SMILES string of the molecule is CC1(C)N=c2c(Br)cc3c4c(c(Br)cc3c2=N1)=NC(C)(C)N=4.I.Nc1c(Br)cc2c(N)c(N)c(Br)cc2c1N.[HH]. The Morgan fingerprint density at radius 1 is 0.487 bits per heavy atom. The van der Waals surface area contributed by atoms with Gasteiger partial charge in [0.15, 0.2) is 0 Å². The molecular formula is C26H27Br4IN8. The largest absolute Gasteiger partial charge is 0.397 e. The summed E-state index contributed by atoms with van der Waals surface area (Å²) in [6, 6.07) is 7.80. The molecule has 13 heteroatoms. The van der Waals surface area contributed by atoms with E-state index in [1.807, 2.05) is 39.8 Å². The van der Waals surface area contributed by atoms with E-state index in [-0.39, 0.29) is 25.4 Å². The molecule has 0 unspecified atom stereocenters. The van der Waals surface area contributed by atoms with Crippen LogP contribution in [0, 0.1) is 0 Å². The first-order valence-corrected chi connectivity index (χ1v) is 14.7. The minimum atomic E-state index is -0.425. The summed E-state index contributed by atoms with van der Waals surface area (Å²) >= 11 is 13.9. The molecule has 0 aromatic heterocycles. The number of benzene rings is 4. The van der Waals surface area contributed by atoms with E-state index in [1.54, 1.807) is 0 Å². The fourth-order valence-electron chi connectivity index (χ4n) is 4.56. The van der Waals surface area contributed by atoms with Gasteiger partial charge < -0.3 is 22.9 Å². The summed E-state index contributed by atoms with van der Waals surface area (Å²) in [6.07, 6.45) is 0. The molecule has 2 aliphatic rings. The van der Waals surface area contributed by atoms with Gasteiger partial charge in [-0.25, -0.2) is 0 Å². The first-order valence-electron chi connectivity index (χ1n) is 11.5. The Bertz CT molecular complexity index is 1840. The normalized spacial score (nSPS) is 15.6. The van der Waals surface area contributed by atoms with E-state index >= 15 is 0 Å². The van der Waals surface area contributed by atoms with E-state index in [0.717, 1.165) is 51.9 Å². The van der Waals surface area contributed by atoms with Gasteiger partial charge >= 0.3 is 0 Å². The van der Waals surface area contributed by atoms with E-state index in [9.17, 15) is 0 Å². The van der Waals surface area contributed by atoms with Crippen LogP contribution in [-0.4, -0.2) is 11.3 Å². The molecule has 0 spiro atoms. The van der Waals surface area contributed by atoms with E-state index < -0.39 is 11.3 Å². The molecule has 0 fully saturated rings. The summed E-state index contributed by atoms with van der Waals surface area (Å²) in [4.78, 5) is 19.0. The Kier molecular flexibility index (Phi) is 8.09. The van der Waals surface area contributed by atoms with Gasteiger partial charge in [0.1, 0.15) is 22.0 Å². The Morgan fingerprint density at radius 3 is 1.10 bits per heavy atom. The van der Waals surface area contributed by atoms with Gasteiger partial charge in [-0.15, -0.1) is 24.0 Å². The van der Waals surface area contributed by atoms with Crippen LogP contribution in [0.25, 0.3) is 21.5 Å². The van der Waals surface area contributed by atoms with E-state index in [0.29, 0.717) is 31.7 Å². The van der Waals surface area contributed by atoms with Crippen LogP contribution in [0.15, 0.2) is 62.1 Å². The second-order valence-corrected chi connectivity index (χ2v) is 13.5. The molecule has 6 rings (SSSR count). The van der Waals surface area contributed by atoms with Crippen LogP contribution in [0.4, 0.5) is 22.7 Å². The summed E-state index contributed by atoms with van der Waals surface area (Å²) in [7, 11) is 0. The van der Waals surface area contributed by atoms with Gasteiger partial charge in [0, 0.05) is 40.9 Å². The van der Waals surface area contributed by atoms with Crippen molar-refractivity contribution < 1.29 is 1.43 Å². The second kappa shape index (κ2) is 10.4. The molecule has 39 heavy (non-hydrogen) atoms. The molecule has 2 aliphatic heterocycles. The Balaban J connectivity index is 0.000000220. The molecule has 0 aliphatic carbocycles. The minimum absolute atomic E-state index is 0. The molecule has 0 saturated carbocycles. The van der Waals surface area contributed by atoms with Crippen molar-refractivity contribution in [2.45, 2.75) is 39.0 Å². The Hall–Kier alpha value is -1.55. The minimum Gasteiger partial charge on any atom is -0.397 e. The Morgan fingerprint density at radius 2 is 0.769 bits per heavy atom. The molecule has 206 valence electrons. The molecule has 0 amide bonds. The zero-order chi connectivity index (χ0) is 27.9. The lowest BCUT2D eigenvalue weighted by Crippen LogP contribution is -2.30. The maximum atomic E-state index is 5.93. The van der Waals surface area contributed by atoms with Crippen molar-refractivity contribution in [3.8, 4) is 0 Å². The number of hydrogen-bond donors (Lipinski definition) is 4. The molecule has 0 saturated heterocycles. The highest BCUT2D eigenvalue weighted by Gasteiger charge is 2.25. The van der Waals surface area contributed by atoms with Crippen molar-refractivity contribution in [2.75, 3.05) is 22.9 Å². The van der Waals surface area contributed by atoms with Crippen molar-refractivity contribution >= 4 is 132 Å². The van der Waals surface area contributed by atoms with Crippen molar-refractivity contribution in [2.24, 2.45) is 20.0 Å². The lowest BCUT2D eigenvalue weighted by Gasteiger charge is -2.12. The highest BCUT2D eigenvalue weighted by molar-refractivity contribution is 14.0. The van der Waals surface area contributed by atoms with Crippen LogP contribution < -0.4 is 44.4 Å². The number of nitrogen functional groups attached to an aromatic ring is 4. The van der Waals surface area contributed by atoms with Gasteiger partial charge in [0.05, 0.1) is 33.5 Å². The van der Waals surface area contributed by atoms with Crippen molar-refractivity contribution in [3.63, 3.8) is 0 Å². The smallest absolute Gasteiger partial charge is 0.146 e. The molecule has 8 nitrogen and oxygen atoms in total. The van der Waals surface area contributed by atoms with Crippen molar-refractivity contribution in [1.82, 2.24) is 0 Å². The van der Waals surface area contributed by atoms with Gasteiger partial charge in [0.2, 0.25) is 0 Å². The molecule has 4 aromatic rings. The molecule has 2 heterocycles. The van der Waals surface area contributed by atoms with E-state index in [4.69, 9.17) is 42.9 Å². The standard InChI is InChI=1S/C16H14Br2N4.C10H10Br2N4.HI.H2/c1-15(2)19-11-7-5-10(18)14-12(20-16(3,4)22-14)8(7)6-9(17)13(11)21-15;11-5-1-3-4(8(14)9(5)15)2-6(12)10(16)7(3)13;;/h5-6H,1-4H3;1-2H,13-16H2;2*1H. The summed E-state index contributed by atoms with van der Waals surface area (Å²) in [6.45, 7) is 8.04. The monoisotopic (exact) mass is 894 g/mol. The average molecular weight is 898 g/mol. The number of rotatable bonds is 0. The van der Waals surface area contributed by atoms with Crippen LogP contribution in [0.3, 0.4) is 0 Å². The maximum Gasteiger partial charge on any atom is 0.146 e. The third-order valence-electron chi connectivity index (χ3n) is 6.29. The van der Waals surface area contributed by atoms with Gasteiger partial charge in [-0.05, 0) is 116 Å². The molecule has 4 aromatic carbocycles. The van der Waals surface area contributed by atoms with Crippen LogP contribution in [-0.2, 0) is 0 Å². The third kappa shape index (κ3) is 5.29. The van der Waals surface area contributed by atoms with Gasteiger partial charge in [-0.2, -0.15) is 0 Å². The Labute approximate surface area is 276 Å². The van der Waals surface area contributed by atoms with Crippen molar-refractivity contribution in [3.05, 3.63) is 63.6 Å². The van der Waals surface area contributed by atoms with E-state index in [1.165, 1.54) is 0 Å². The highest BCUT2D eigenvalue weighted by Crippen LogP contribution is 2.41. The lowest BCUT2D eigenvalue weighted by molar-refractivity contribution is 0.548. The number of anilines is 4. The number of halogens is 5. The van der Waals surface area contributed by atoms with Gasteiger partial charge in [-0.1, -0.05) is 0 Å². The molecular weight excluding hydrogens is 871 g/mol. The van der Waals surface area contributed by atoms with Gasteiger partial charge in [0.25, 0.3) is 0 Å². The van der Waals surface area contributed by atoms with E-state index in [2.05, 4.69) is 75.9 Å². The predicted octanol–water partition coefficient (Wildman–Crippen LogP) is 5.90. The fraction of sp³-hybridized carbons (Fsp3) is 0.231. The maximum absolute atomic E-state index is 5.93. The van der Waals surface area contributed by atoms with Crippen LogP contribution in [0.2, 0.25) is 0 Å². The summed E-state index contributed by atoms with van der Waals surface area (Å²) in [5.41, 5.74) is 24.7. The number of nitrogens with zero attached hydrogens (tertiary/aromatic N) is 4. The summed E-state index contributed by atoms with van der Waals surface area (Å²) < 4.78 is 3.33. The molecule has 0 radical (unpaired) electrons. The topological polar surface area (TPSA) is 154 Å². The third-order valence-corrected chi connectivity index (χ3v) is 8.81. The fourth-order valence-corrected chi connectivity index (χ4v) is 6.46. The molecule has 0 atom stereocenters. The predicted molar refractivity (Wildman–Crippen MR) is 187 cm³/mol. The molecule has 8 N–H and O–H groups in total. The second-order valence-electron chi connectivity index (χ2n) is 10.1. The summed E-state index contributed by atoms with van der Waals surface area (Å²) in [5, 5.41) is 7.40. The van der Waals surface area contributed by atoms with Crippen LogP contribution >= 0.6 is 87.7 Å². The number of fused-ring (bicyclic) bond motifs is 6.